The Balaban J connectivity index is 1.83. The summed E-state index contributed by atoms with van der Waals surface area (Å²) in [5, 5.41) is 1.43. The molecule has 0 saturated carbocycles. The summed E-state index contributed by atoms with van der Waals surface area (Å²) in [5.74, 6) is 0.413. The van der Waals surface area contributed by atoms with E-state index in [1.807, 2.05) is 0 Å². The number of hydrogen-bond acceptors (Lipinski definition) is 7. The van der Waals surface area contributed by atoms with Crippen LogP contribution in [0.3, 0.4) is 0 Å². The number of aromatic amines is 1. The number of aromatic nitrogens is 2. The summed E-state index contributed by atoms with van der Waals surface area (Å²) in [4.78, 5) is 16.7. The van der Waals surface area contributed by atoms with Gasteiger partial charge in [-0.05, 0) is 29.2 Å². The number of H-pyrrole nitrogens is 1. The van der Waals surface area contributed by atoms with Gasteiger partial charge in [-0.2, -0.15) is 0 Å². The van der Waals surface area contributed by atoms with E-state index in [1.54, 1.807) is 48.5 Å². The van der Waals surface area contributed by atoms with Gasteiger partial charge < -0.3 is 4.89 Å². The van der Waals surface area contributed by atoms with Crippen molar-refractivity contribution in [2.24, 2.45) is 0 Å². The molecule has 2 aromatic carbocycles. The van der Waals surface area contributed by atoms with Crippen LogP contribution in [0.1, 0.15) is 0 Å². The Morgan fingerprint density at radius 2 is 1.62 bits per heavy atom. The zero-order valence-electron chi connectivity index (χ0n) is 12.0. The van der Waals surface area contributed by atoms with Crippen LogP contribution in [0.15, 0.2) is 80.2 Å². The highest BCUT2D eigenvalue weighted by molar-refractivity contribution is 7.96. The van der Waals surface area contributed by atoms with Crippen LogP contribution >= 0.6 is 12.0 Å². The molecule has 124 valence electrons. The molecule has 0 bridgehead atoms. The fourth-order valence-electron chi connectivity index (χ4n) is 1.80. The van der Waals surface area contributed by atoms with Gasteiger partial charge in [-0.3, -0.25) is 0 Å². The number of nitrogens with one attached hydrogen (secondary N) is 1. The Hall–Kier alpha value is -2.56. The summed E-state index contributed by atoms with van der Waals surface area (Å²) >= 11 is 0.513. The van der Waals surface area contributed by atoms with Gasteiger partial charge in [0.05, 0.1) is 4.90 Å². The van der Waals surface area contributed by atoms with E-state index in [0.717, 1.165) is 0 Å². The lowest BCUT2D eigenvalue weighted by molar-refractivity contribution is -0.744. The van der Waals surface area contributed by atoms with Gasteiger partial charge in [0.2, 0.25) is 0 Å². The van der Waals surface area contributed by atoms with Crippen molar-refractivity contribution >= 4 is 21.9 Å². The topological polar surface area (TPSA) is 104 Å². The van der Waals surface area contributed by atoms with Gasteiger partial charge in [0.1, 0.15) is 12.0 Å². The molecule has 0 atom stereocenters. The van der Waals surface area contributed by atoms with E-state index in [0.29, 0.717) is 17.8 Å². The summed E-state index contributed by atoms with van der Waals surface area (Å²) in [6.07, 6.45) is 0. The first-order chi connectivity index (χ1) is 11.6. The molecule has 1 aromatic heterocycles. The van der Waals surface area contributed by atoms with Crippen molar-refractivity contribution in [1.29, 1.82) is 0 Å². The largest absolute Gasteiger partial charge is 0.376 e. The summed E-state index contributed by atoms with van der Waals surface area (Å²) in [5.41, 5.74) is 0. The smallest absolute Gasteiger partial charge is 0.325 e. The monoisotopic (exact) mass is 367 g/mol. The second-order valence-corrected chi connectivity index (χ2v) is 7.02. The summed E-state index contributed by atoms with van der Waals surface area (Å²) < 4.78 is 34.4. The van der Waals surface area contributed by atoms with E-state index in [2.05, 4.69) is 9.79 Å². The Kier molecular flexibility index (Phi) is 4.69. The molecule has 1 heterocycles. The van der Waals surface area contributed by atoms with Crippen LogP contribution < -0.4 is 9.49 Å². The first-order valence-electron chi connectivity index (χ1n) is 6.60. The minimum atomic E-state index is -4.08. The average Bonchev–Trinajstić information content (AvgIpc) is 2.98. The summed E-state index contributed by atoms with van der Waals surface area (Å²) in [6.45, 7) is 0. The zero-order chi connectivity index (χ0) is 17.0. The van der Waals surface area contributed by atoms with Crippen LogP contribution in [0.2, 0.25) is 0 Å². The Labute approximate surface area is 140 Å². The molecular formula is C14H11N2O6S2+. The highest BCUT2D eigenvalue weighted by atomic mass is 32.2. The van der Waals surface area contributed by atoms with Crippen LogP contribution in [0, 0.1) is 4.91 Å². The second kappa shape index (κ2) is 6.91. The number of rotatable bonds is 6. The highest BCUT2D eigenvalue weighted by Gasteiger charge is 2.36. The van der Waals surface area contributed by atoms with Gasteiger partial charge in [0, 0.05) is 0 Å². The normalized spacial score (nSPS) is 11.3. The summed E-state index contributed by atoms with van der Waals surface area (Å²) in [6, 6.07) is 16.1. The van der Waals surface area contributed by atoms with Gasteiger partial charge >= 0.3 is 5.03 Å². The fourth-order valence-corrected chi connectivity index (χ4v) is 3.89. The van der Waals surface area contributed by atoms with Gasteiger partial charge in [-0.15, -0.1) is 4.33 Å². The van der Waals surface area contributed by atoms with E-state index in [1.165, 1.54) is 12.1 Å². The lowest BCUT2D eigenvalue weighted by Gasteiger charge is -2.01. The van der Waals surface area contributed by atoms with Crippen molar-refractivity contribution in [2.45, 2.75) is 14.9 Å². The third kappa shape index (κ3) is 3.35. The highest BCUT2D eigenvalue weighted by Crippen LogP contribution is 2.27. The lowest BCUT2D eigenvalue weighted by atomic mass is 10.3. The van der Waals surface area contributed by atoms with Crippen LogP contribution in [0.4, 0.5) is 0 Å². The zero-order valence-corrected chi connectivity index (χ0v) is 13.6. The molecule has 3 rings (SSSR count). The molecule has 8 nitrogen and oxygen atoms in total. The minimum absolute atomic E-state index is 0.0461. The molecule has 0 spiro atoms. The Morgan fingerprint density at radius 3 is 2.29 bits per heavy atom. The van der Waals surface area contributed by atoms with Crippen LogP contribution in [0.5, 0.6) is 5.75 Å². The molecule has 0 aliphatic heterocycles. The maximum Gasteiger partial charge on any atom is 0.376 e. The number of benzene rings is 2. The molecule has 0 saturated heterocycles. The summed E-state index contributed by atoms with van der Waals surface area (Å²) in [7, 11) is -4.08. The molecular weight excluding hydrogens is 356 g/mol. The number of para-hydroxylation sites is 1. The van der Waals surface area contributed by atoms with Crippen LogP contribution in [-0.4, -0.2) is 13.6 Å². The molecule has 0 radical (unpaired) electrons. The van der Waals surface area contributed by atoms with Crippen molar-refractivity contribution < 1.29 is 26.9 Å². The molecule has 0 fully saturated rings. The third-order valence-electron chi connectivity index (χ3n) is 2.88. The molecule has 1 N–H and O–H groups in total. The molecule has 0 aliphatic rings. The fraction of sp³-hybridized carbons (Fsp3) is 0. The lowest BCUT2D eigenvalue weighted by Crippen LogP contribution is -2.21. The minimum Gasteiger partial charge on any atom is -0.325 e. The van der Waals surface area contributed by atoms with Gasteiger partial charge in [0.25, 0.3) is 14.9 Å². The molecule has 24 heavy (non-hydrogen) atoms. The SMILES string of the molecule is O=[n+]1o[nH]c(SOOc2ccccc2)c1S(=O)(=O)c1ccccc1. The van der Waals surface area contributed by atoms with E-state index >= 15 is 0 Å². The van der Waals surface area contributed by atoms with Crippen molar-refractivity contribution in [2.75, 3.05) is 0 Å². The maximum absolute atomic E-state index is 12.6. The average molecular weight is 367 g/mol. The second-order valence-electron chi connectivity index (χ2n) is 4.45. The third-order valence-corrected chi connectivity index (χ3v) is 5.34. The van der Waals surface area contributed by atoms with E-state index in [-0.39, 0.29) is 14.5 Å². The van der Waals surface area contributed by atoms with Crippen molar-refractivity contribution in [1.82, 2.24) is 5.16 Å². The van der Waals surface area contributed by atoms with Gasteiger partial charge in [-0.25, -0.2) is 8.42 Å². The first-order valence-corrected chi connectivity index (χ1v) is 8.82. The quantitative estimate of drug-likeness (QED) is 0.405. The predicted octanol–water partition coefficient (Wildman–Crippen LogP) is 2.37. The number of sulfone groups is 1. The molecule has 0 unspecified atom stereocenters. The Morgan fingerprint density at radius 1 is 1.00 bits per heavy atom. The van der Waals surface area contributed by atoms with Gasteiger partial charge in [0.15, 0.2) is 10.3 Å². The van der Waals surface area contributed by atoms with Gasteiger partial charge in [-0.1, -0.05) is 46.2 Å². The number of hydrogen-bond donors (Lipinski definition) is 1. The van der Waals surface area contributed by atoms with Crippen molar-refractivity contribution in [3.05, 3.63) is 65.6 Å². The van der Waals surface area contributed by atoms with Crippen LogP contribution in [0.25, 0.3) is 0 Å². The molecule has 10 heteroatoms. The maximum atomic E-state index is 12.6. The number of nitrogens with zero attached hydrogens (tertiary/aromatic N) is 1. The van der Waals surface area contributed by atoms with E-state index in [9.17, 15) is 13.3 Å². The van der Waals surface area contributed by atoms with E-state index in [4.69, 9.17) is 9.22 Å². The molecule has 0 amide bonds. The molecule has 3 aromatic rings. The predicted molar refractivity (Wildman–Crippen MR) is 82.3 cm³/mol. The van der Waals surface area contributed by atoms with E-state index < -0.39 is 14.9 Å². The van der Waals surface area contributed by atoms with Crippen molar-refractivity contribution in [3.8, 4) is 5.75 Å². The Bertz CT molecular complexity index is 967. The van der Waals surface area contributed by atoms with Crippen molar-refractivity contribution in [3.63, 3.8) is 0 Å². The first kappa shape index (κ1) is 16.3. The molecule has 0 aliphatic carbocycles. The standard InChI is InChI=1S/C14H11N2O6S2/c17-16-14(24(18,19)12-9-5-2-6-10-12)13(15-21-16)23-22-20-11-7-3-1-4-8-11/h1-10,15H/q+1. The van der Waals surface area contributed by atoms with Crippen LogP contribution in [-0.2, 0) is 14.2 Å².